The van der Waals surface area contributed by atoms with Crippen molar-refractivity contribution >= 4 is 11.9 Å². The number of carbonyl (C=O) groups is 1. The lowest BCUT2D eigenvalue weighted by Gasteiger charge is -2.03. The Hall–Kier alpha value is -2.58. The maximum atomic E-state index is 12.5. The molecule has 2 rings (SSSR count). The summed E-state index contributed by atoms with van der Waals surface area (Å²) in [6.07, 6.45) is 3.41. The monoisotopic (exact) mass is 252 g/mol. The fourth-order valence-corrected chi connectivity index (χ4v) is 1.19. The highest BCUT2D eigenvalue weighted by Gasteiger charge is 2.07. The maximum Gasteiger partial charge on any atom is 0.358 e. The van der Waals surface area contributed by atoms with Gasteiger partial charge in [-0.15, -0.1) is 5.10 Å². The first-order chi connectivity index (χ1) is 8.65. The minimum absolute atomic E-state index is 0.118. The van der Waals surface area contributed by atoms with Gasteiger partial charge in [0.25, 0.3) is 0 Å². The molecule has 0 aromatic carbocycles. The van der Waals surface area contributed by atoms with E-state index in [2.05, 4.69) is 25.6 Å². The molecule has 0 spiro atoms. The van der Waals surface area contributed by atoms with E-state index < -0.39 is 11.8 Å². The molecule has 2 aromatic heterocycles. The van der Waals surface area contributed by atoms with E-state index in [-0.39, 0.29) is 11.6 Å². The van der Waals surface area contributed by atoms with Gasteiger partial charge in [0.05, 0.1) is 25.1 Å². The Labute approximate surface area is 100 Å². The number of aromatic nitrogens is 5. The molecule has 0 saturated carbocycles. The summed E-state index contributed by atoms with van der Waals surface area (Å²) in [4.78, 5) is 18.0. The quantitative estimate of drug-likeness (QED) is 0.772. The number of halogens is 1. The van der Waals surface area contributed by atoms with Gasteiger partial charge in [0.1, 0.15) is 0 Å². The second-order valence-electron chi connectivity index (χ2n) is 3.32. The summed E-state index contributed by atoms with van der Waals surface area (Å²) in [6.45, 7) is 0.801. The van der Waals surface area contributed by atoms with Crippen LogP contribution in [-0.4, -0.2) is 42.6 Å². The fourth-order valence-electron chi connectivity index (χ4n) is 1.19. The molecule has 0 radical (unpaired) electrons. The van der Waals surface area contributed by atoms with Crippen molar-refractivity contribution < 1.29 is 14.3 Å². The molecule has 8 nitrogen and oxygen atoms in total. The van der Waals surface area contributed by atoms with Crippen LogP contribution >= 0.6 is 0 Å². The molecule has 18 heavy (non-hydrogen) atoms. The lowest BCUT2D eigenvalue weighted by molar-refractivity contribution is 0.0690. The molecule has 0 aliphatic rings. The van der Waals surface area contributed by atoms with Gasteiger partial charge in [-0.2, -0.15) is 0 Å². The number of aromatic carboxylic acids is 1. The first-order valence-electron chi connectivity index (χ1n) is 5.00. The molecular formula is C9H9FN6O2. The average molecular weight is 252 g/mol. The van der Waals surface area contributed by atoms with Crippen LogP contribution in [-0.2, 0) is 6.54 Å². The Balaban J connectivity index is 1.84. The molecule has 0 bridgehead atoms. The van der Waals surface area contributed by atoms with Crippen molar-refractivity contribution in [1.29, 1.82) is 0 Å². The maximum absolute atomic E-state index is 12.5. The highest BCUT2D eigenvalue weighted by molar-refractivity contribution is 5.84. The number of nitrogens with one attached hydrogen (secondary N) is 1. The Kier molecular flexibility index (Phi) is 3.41. The Bertz CT molecular complexity index is 540. The Morgan fingerprint density at radius 1 is 1.44 bits per heavy atom. The molecule has 94 valence electrons. The lowest BCUT2D eigenvalue weighted by Crippen LogP contribution is -2.12. The van der Waals surface area contributed by atoms with E-state index in [1.165, 1.54) is 10.9 Å². The molecule has 2 N–H and O–H groups in total. The van der Waals surface area contributed by atoms with E-state index in [0.29, 0.717) is 13.1 Å². The molecule has 9 heteroatoms. The van der Waals surface area contributed by atoms with E-state index in [0.717, 1.165) is 12.4 Å². The zero-order valence-electron chi connectivity index (χ0n) is 9.12. The van der Waals surface area contributed by atoms with Crippen molar-refractivity contribution in [3.05, 3.63) is 30.1 Å². The van der Waals surface area contributed by atoms with Crippen molar-refractivity contribution in [2.75, 3.05) is 11.9 Å². The summed E-state index contributed by atoms with van der Waals surface area (Å²) in [6, 6.07) is 0. The predicted octanol–water partition coefficient (Wildman–Crippen LogP) is 0.0175. The highest BCUT2D eigenvalue weighted by Crippen LogP contribution is 1.98. The third-order valence-corrected chi connectivity index (χ3v) is 2.00. The number of anilines is 1. The second kappa shape index (κ2) is 5.17. The van der Waals surface area contributed by atoms with Crippen LogP contribution < -0.4 is 5.32 Å². The van der Waals surface area contributed by atoms with Gasteiger partial charge >= 0.3 is 5.97 Å². The van der Waals surface area contributed by atoms with Crippen LogP contribution in [0.1, 0.15) is 10.5 Å². The van der Waals surface area contributed by atoms with Crippen LogP contribution in [0.25, 0.3) is 0 Å². The van der Waals surface area contributed by atoms with E-state index in [9.17, 15) is 9.18 Å². The normalized spacial score (nSPS) is 10.3. The van der Waals surface area contributed by atoms with Crippen molar-refractivity contribution in [3.8, 4) is 0 Å². The van der Waals surface area contributed by atoms with Gasteiger partial charge in [0, 0.05) is 6.54 Å². The molecule has 2 heterocycles. The van der Waals surface area contributed by atoms with Crippen molar-refractivity contribution in [1.82, 2.24) is 25.0 Å². The number of carboxylic acid groups (broad SMARTS) is 1. The molecule has 0 aliphatic heterocycles. The summed E-state index contributed by atoms with van der Waals surface area (Å²) in [5, 5.41) is 18.6. The van der Waals surface area contributed by atoms with Gasteiger partial charge in [0.2, 0.25) is 5.95 Å². The van der Waals surface area contributed by atoms with Crippen molar-refractivity contribution in [2.45, 2.75) is 6.54 Å². The van der Waals surface area contributed by atoms with Crippen LogP contribution in [0.3, 0.4) is 0 Å². The fraction of sp³-hybridized carbons (Fsp3) is 0.222. The van der Waals surface area contributed by atoms with Crippen molar-refractivity contribution in [2.24, 2.45) is 0 Å². The molecular weight excluding hydrogens is 243 g/mol. The molecule has 0 fully saturated rings. The number of hydrogen-bond donors (Lipinski definition) is 2. The largest absolute Gasteiger partial charge is 0.476 e. The summed E-state index contributed by atoms with van der Waals surface area (Å²) in [7, 11) is 0. The van der Waals surface area contributed by atoms with Crippen molar-refractivity contribution in [3.63, 3.8) is 0 Å². The van der Waals surface area contributed by atoms with Gasteiger partial charge in [-0.25, -0.2) is 23.8 Å². The van der Waals surface area contributed by atoms with E-state index >= 15 is 0 Å². The van der Waals surface area contributed by atoms with Crippen LogP contribution in [0.5, 0.6) is 0 Å². The predicted molar refractivity (Wildman–Crippen MR) is 57.5 cm³/mol. The van der Waals surface area contributed by atoms with Crippen LogP contribution in [0.15, 0.2) is 18.6 Å². The second-order valence-corrected chi connectivity index (χ2v) is 3.32. The minimum Gasteiger partial charge on any atom is -0.476 e. The zero-order valence-corrected chi connectivity index (χ0v) is 9.12. The number of nitrogens with zero attached hydrogens (tertiary/aromatic N) is 5. The smallest absolute Gasteiger partial charge is 0.358 e. The molecule has 0 aliphatic carbocycles. The highest BCUT2D eigenvalue weighted by atomic mass is 19.1. The Morgan fingerprint density at radius 3 is 2.78 bits per heavy atom. The van der Waals surface area contributed by atoms with Gasteiger partial charge in [-0.1, -0.05) is 5.21 Å². The van der Waals surface area contributed by atoms with Gasteiger partial charge in [-0.3, -0.25) is 0 Å². The van der Waals surface area contributed by atoms with E-state index in [1.54, 1.807) is 0 Å². The zero-order chi connectivity index (χ0) is 13.0. The molecule has 2 aromatic rings. The van der Waals surface area contributed by atoms with Gasteiger partial charge in [0.15, 0.2) is 11.5 Å². The van der Waals surface area contributed by atoms with Crippen LogP contribution in [0.4, 0.5) is 10.3 Å². The summed E-state index contributed by atoms with van der Waals surface area (Å²) >= 11 is 0. The summed E-state index contributed by atoms with van der Waals surface area (Å²) in [5.74, 6) is -1.35. The van der Waals surface area contributed by atoms with Crippen LogP contribution in [0, 0.1) is 5.82 Å². The third-order valence-electron chi connectivity index (χ3n) is 2.00. The standard InChI is InChI=1S/C9H9FN6O2/c10-6-3-12-9(13-4-6)11-1-2-16-5-7(8(17)18)14-15-16/h3-5H,1-2H2,(H,17,18)(H,11,12,13). The van der Waals surface area contributed by atoms with Gasteiger partial charge in [-0.05, 0) is 0 Å². The van der Waals surface area contributed by atoms with E-state index in [4.69, 9.17) is 5.11 Å². The topological polar surface area (TPSA) is 106 Å². The summed E-state index contributed by atoms with van der Waals surface area (Å²) in [5.41, 5.74) is -0.118. The Morgan fingerprint density at radius 2 is 2.17 bits per heavy atom. The lowest BCUT2D eigenvalue weighted by atomic mass is 10.5. The SMILES string of the molecule is O=C(O)c1cn(CCNc2ncc(F)cn2)nn1. The summed E-state index contributed by atoms with van der Waals surface area (Å²) < 4.78 is 13.9. The average Bonchev–Trinajstić information content (AvgIpc) is 2.81. The third kappa shape index (κ3) is 2.97. The minimum atomic E-state index is -1.13. The number of carboxylic acids is 1. The van der Waals surface area contributed by atoms with E-state index in [1.807, 2.05) is 0 Å². The number of rotatable bonds is 5. The van der Waals surface area contributed by atoms with Crippen LogP contribution in [0.2, 0.25) is 0 Å². The first-order valence-corrected chi connectivity index (χ1v) is 5.00. The molecule has 0 amide bonds. The molecule has 0 saturated heterocycles. The first kappa shape index (κ1) is 11.9. The van der Waals surface area contributed by atoms with Gasteiger partial charge < -0.3 is 10.4 Å². The molecule has 0 atom stereocenters. The number of hydrogen-bond acceptors (Lipinski definition) is 6. The molecule has 0 unspecified atom stereocenters.